The van der Waals surface area contributed by atoms with Crippen LogP contribution in [0.3, 0.4) is 0 Å². The molecule has 0 spiro atoms. The monoisotopic (exact) mass is 352 g/mol. The first kappa shape index (κ1) is 18.2. The van der Waals surface area contributed by atoms with Gasteiger partial charge in [0.2, 0.25) is 0 Å². The van der Waals surface area contributed by atoms with Gasteiger partial charge in [0.1, 0.15) is 24.4 Å². The molecule has 4 heteroatoms. The summed E-state index contributed by atoms with van der Waals surface area (Å²) in [5.41, 5.74) is 5.97. The summed E-state index contributed by atoms with van der Waals surface area (Å²) in [4.78, 5) is 13.3. The molecule has 0 radical (unpaired) electrons. The van der Waals surface area contributed by atoms with Gasteiger partial charge in [0, 0.05) is 22.6 Å². The summed E-state index contributed by atoms with van der Waals surface area (Å²) >= 11 is 0. The molecule has 0 aliphatic heterocycles. The van der Waals surface area contributed by atoms with E-state index in [1.54, 1.807) is 13.2 Å². The van der Waals surface area contributed by atoms with Gasteiger partial charge in [0.15, 0.2) is 0 Å². The van der Waals surface area contributed by atoms with Crippen molar-refractivity contribution in [3.63, 3.8) is 0 Å². The Bertz CT molecular complexity index is 1000. The van der Waals surface area contributed by atoms with Gasteiger partial charge in [0.05, 0.1) is 14.2 Å². The van der Waals surface area contributed by atoms with Crippen molar-refractivity contribution in [2.45, 2.75) is 33.9 Å². The predicted octanol–water partition coefficient (Wildman–Crippen LogP) is 2.94. The van der Waals surface area contributed by atoms with Crippen molar-refractivity contribution in [1.82, 2.24) is 0 Å². The van der Waals surface area contributed by atoms with E-state index in [2.05, 4.69) is 38.2 Å². The number of benzene rings is 2. The highest BCUT2D eigenvalue weighted by Crippen LogP contribution is 2.23. The smallest absolute Gasteiger partial charge is 0.336 e. The molecule has 0 fully saturated rings. The van der Waals surface area contributed by atoms with E-state index in [0.717, 1.165) is 40.9 Å². The second kappa shape index (κ2) is 7.34. The van der Waals surface area contributed by atoms with Gasteiger partial charge in [-0.05, 0) is 44.0 Å². The molecular formula is C22H26NO3+. The minimum Gasteiger partial charge on any atom is -0.496 e. The summed E-state index contributed by atoms with van der Waals surface area (Å²) in [7, 11) is 3.83. The summed E-state index contributed by atoms with van der Waals surface area (Å²) in [6.45, 7) is 7.67. The summed E-state index contributed by atoms with van der Waals surface area (Å²) < 4.78 is 11.0. The molecule has 0 bridgehead atoms. The second-order valence-corrected chi connectivity index (χ2v) is 7.10. The minimum atomic E-state index is -0.290. The average Bonchev–Trinajstić information content (AvgIpc) is 2.58. The number of methoxy groups -OCH3 is 1. The minimum absolute atomic E-state index is 0.290. The van der Waals surface area contributed by atoms with E-state index in [4.69, 9.17) is 9.15 Å². The summed E-state index contributed by atoms with van der Waals surface area (Å²) in [6.07, 6.45) is 0. The quantitative estimate of drug-likeness (QED) is 0.718. The molecule has 4 nitrogen and oxygen atoms in total. The largest absolute Gasteiger partial charge is 0.496 e. The molecule has 1 unspecified atom stereocenters. The molecule has 1 heterocycles. The molecule has 3 rings (SSSR count). The zero-order valence-electron chi connectivity index (χ0n) is 16.1. The summed E-state index contributed by atoms with van der Waals surface area (Å²) in [5.74, 6) is 0.902. The zero-order chi connectivity index (χ0) is 18.8. The van der Waals surface area contributed by atoms with Crippen LogP contribution in [-0.4, -0.2) is 14.2 Å². The number of quaternary nitrogens is 1. The van der Waals surface area contributed by atoms with Gasteiger partial charge in [-0.25, -0.2) is 4.79 Å². The number of hydrogen-bond donors (Lipinski definition) is 1. The highest BCUT2D eigenvalue weighted by atomic mass is 16.5. The van der Waals surface area contributed by atoms with Crippen molar-refractivity contribution >= 4 is 11.0 Å². The lowest BCUT2D eigenvalue weighted by molar-refractivity contribution is -0.907. The summed E-state index contributed by atoms with van der Waals surface area (Å²) in [5, 5.41) is 1.02. The van der Waals surface area contributed by atoms with E-state index in [-0.39, 0.29) is 5.63 Å². The van der Waals surface area contributed by atoms with Crippen LogP contribution >= 0.6 is 0 Å². The Balaban J connectivity index is 1.93. The van der Waals surface area contributed by atoms with E-state index in [0.29, 0.717) is 5.58 Å². The molecule has 136 valence electrons. The van der Waals surface area contributed by atoms with Crippen LogP contribution in [0.15, 0.2) is 45.6 Å². The van der Waals surface area contributed by atoms with Crippen molar-refractivity contribution in [3.05, 3.63) is 74.6 Å². The maximum absolute atomic E-state index is 12.1. The first-order chi connectivity index (χ1) is 12.4. The third kappa shape index (κ3) is 3.65. The van der Waals surface area contributed by atoms with Crippen molar-refractivity contribution in [1.29, 1.82) is 0 Å². The molecule has 2 aromatic carbocycles. The van der Waals surface area contributed by atoms with Gasteiger partial charge in [-0.3, -0.25) is 0 Å². The highest BCUT2D eigenvalue weighted by molar-refractivity contribution is 5.83. The van der Waals surface area contributed by atoms with E-state index >= 15 is 0 Å². The van der Waals surface area contributed by atoms with Gasteiger partial charge in [-0.15, -0.1) is 0 Å². The Kier molecular flexibility index (Phi) is 5.14. The van der Waals surface area contributed by atoms with E-state index in [1.807, 2.05) is 19.9 Å². The van der Waals surface area contributed by atoms with Gasteiger partial charge in [-0.2, -0.15) is 0 Å². The maximum Gasteiger partial charge on any atom is 0.336 e. The van der Waals surface area contributed by atoms with Gasteiger partial charge < -0.3 is 14.1 Å². The summed E-state index contributed by atoms with van der Waals surface area (Å²) in [6, 6.07) is 12.0. The normalized spacial score (nSPS) is 12.3. The molecule has 0 saturated heterocycles. The maximum atomic E-state index is 12.1. The molecule has 0 aliphatic carbocycles. The molecule has 1 N–H and O–H groups in total. The fourth-order valence-electron chi connectivity index (χ4n) is 3.43. The molecule has 0 aliphatic rings. The Hall–Kier alpha value is -2.59. The zero-order valence-corrected chi connectivity index (χ0v) is 16.1. The van der Waals surface area contributed by atoms with Crippen molar-refractivity contribution in [3.8, 4) is 5.75 Å². The number of nitrogens with one attached hydrogen (secondary N) is 1. The number of rotatable bonds is 5. The first-order valence-electron chi connectivity index (χ1n) is 8.87. The number of ether oxygens (including phenoxy) is 1. The lowest BCUT2D eigenvalue weighted by atomic mass is 10.0. The van der Waals surface area contributed by atoms with Crippen molar-refractivity contribution < 1.29 is 14.1 Å². The average molecular weight is 352 g/mol. The van der Waals surface area contributed by atoms with Gasteiger partial charge >= 0.3 is 5.63 Å². The van der Waals surface area contributed by atoms with Gasteiger partial charge in [0.25, 0.3) is 0 Å². The lowest BCUT2D eigenvalue weighted by Crippen LogP contribution is -3.06. The molecule has 0 saturated carbocycles. The van der Waals surface area contributed by atoms with Crippen LogP contribution in [0.1, 0.15) is 27.8 Å². The molecule has 0 amide bonds. The third-order valence-electron chi connectivity index (χ3n) is 4.94. The SMILES string of the molecule is COc1ccc(C)cc1C[NH+](C)Cc1cc(=O)oc2c(C)c(C)ccc12. The fourth-order valence-corrected chi connectivity index (χ4v) is 3.43. The first-order valence-corrected chi connectivity index (χ1v) is 8.87. The van der Waals surface area contributed by atoms with Crippen LogP contribution in [0.25, 0.3) is 11.0 Å². The Morgan fingerprint density at radius 1 is 1.00 bits per heavy atom. The van der Waals surface area contributed by atoms with Crippen LogP contribution in [0.5, 0.6) is 5.75 Å². The second-order valence-electron chi connectivity index (χ2n) is 7.10. The van der Waals surface area contributed by atoms with Crippen molar-refractivity contribution in [2.24, 2.45) is 0 Å². The third-order valence-corrected chi connectivity index (χ3v) is 4.94. The number of fused-ring (bicyclic) bond motifs is 1. The standard InChI is InChI=1S/C22H25NO3/c1-14-6-9-20(25-5)18(10-14)13-23(4)12-17-11-21(24)26-22-16(3)15(2)7-8-19(17)22/h6-11H,12-13H2,1-5H3/p+1. The molecule has 26 heavy (non-hydrogen) atoms. The predicted molar refractivity (Wildman–Crippen MR) is 104 cm³/mol. The Morgan fingerprint density at radius 2 is 1.73 bits per heavy atom. The van der Waals surface area contributed by atoms with Gasteiger partial charge in [-0.1, -0.05) is 23.8 Å². The Labute approximate surface area is 154 Å². The molecular weight excluding hydrogens is 326 g/mol. The van der Waals surface area contributed by atoms with Crippen LogP contribution in [0.4, 0.5) is 0 Å². The van der Waals surface area contributed by atoms with E-state index < -0.39 is 0 Å². The lowest BCUT2D eigenvalue weighted by Gasteiger charge is -2.17. The molecule has 1 aromatic heterocycles. The highest BCUT2D eigenvalue weighted by Gasteiger charge is 2.15. The van der Waals surface area contributed by atoms with E-state index in [1.165, 1.54) is 16.0 Å². The molecule has 3 aromatic rings. The van der Waals surface area contributed by atoms with Crippen LogP contribution in [0, 0.1) is 20.8 Å². The number of aryl methyl sites for hydroxylation is 3. The van der Waals surface area contributed by atoms with Crippen LogP contribution in [-0.2, 0) is 13.1 Å². The van der Waals surface area contributed by atoms with Crippen molar-refractivity contribution in [2.75, 3.05) is 14.2 Å². The molecule has 1 atom stereocenters. The Morgan fingerprint density at radius 3 is 2.46 bits per heavy atom. The van der Waals surface area contributed by atoms with Crippen LogP contribution in [0.2, 0.25) is 0 Å². The van der Waals surface area contributed by atoms with E-state index in [9.17, 15) is 4.79 Å². The fraction of sp³-hybridized carbons (Fsp3) is 0.318. The van der Waals surface area contributed by atoms with Crippen LogP contribution < -0.4 is 15.3 Å². The topological polar surface area (TPSA) is 43.9 Å². The number of hydrogen-bond acceptors (Lipinski definition) is 3.